The van der Waals surface area contributed by atoms with Gasteiger partial charge in [0, 0.05) is 19.1 Å². The number of piperidine rings is 1. The average molecular weight is 296 g/mol. The van der Waals surface area contributed by atoms with Gasteiger partial charge in [0.1, 0.15) is 6.10 Å². The van der Waals surface area contributed by atoms with Crippen molar-refractivity contribution in [3.05, 3.63) is 0 Å². The lowest BCUT2D eigenvalue weighted by Crippen LogP contribution is -2.52. The van der Waals surface area contributed by atoms with E-state index in [0.717, 1.165) is 32.2 Å². The van der Waals surface area contributed by atoms with Gasteiger partial charge in [-0.3, -0.25) is 4.79 Å². The van der Waals surface area contributed by atoms with E-state index in [1.165, 1.54) is 25.7 Å². The predicted molar refractivity (Wildman–Crippen MR) is 85.0 cm³/mol. The smallest absolute Gasteiger partial charge is 0.251 e. The highest BCUT2D eigenvalue weighted by atomic mass is 16.5. The Labute approximate surface area is 129 Å². The molecule has 2 rings (SSSR count). The largest absolute Gasteiger partial charge is 0.365 e. The Kier molecular flexibility index (Phi) is 6.49. The molecule has 0 aromatic rings. The molecule has 1 amide bonds. The first kappa shape index (κ1) is 16.8. The molecule has 3 unspecified atom stereocenters. The van der Waals surface area contributed by atoms with Gasteiger partial charge < -0.3 is 15.4 Å². The number of hydrogen-bond acceptors (Lipinski definition) is 3. The van der Waals surface area contributed by atoms with Gasteiger partial charge in [-0.1, -0.05) is 32.6 Å². The van der Waals surface area contributed by atoms with Crippen molar-refractivity contribution in [1.29, 1.82) is 0 Å². The second-order valence-corrected chi connectivity index (χ2v) is 6.94. The summed E-state index contributed by atoms with van der Waals surface area (Å²) in [5.41, 5.74) is 5.86. The standard InChI is InChI=1S/C17H32N2O2/c1-13-9-10-19(15(11-13)12-18)17(20)14(2)21-16-7-5-3-4-6-8-16/h13-16H,3-12,18H2,1-2H3. The molecule has 2 N–H and O–H groups in total. The van der Waals surface area contributed by atoms with Gasteiger partial charge in [-0.05, 0) is 38.5 Å². The van der Waals surface area contributed by atoms with Gasteiger partial charge in [0.05, 0.1) is 6.10 Å². The van der Waals surface area contributed by atoms with E-state index in [4.69, 9.17) is 10.5 Å². The number of amides is 1. The molecule has 1 aliphatic heterocycles. The summed E-state index contributed by atoms with van der Waals surface area (Å²) >= 11 is 0. The van der Waals surface area contributed by atoms with E-state index in [1.54, 1.807) is 0 Å². The van der Waals surface area contributed by atoms with Crippen LogP contribution in [0.15, 0.2) is 0 Å². The number of likely N-dealkylation sites (tertiary alicyclic amines) is 1. The normalized spacial score (nSPS) is 30.0. The first-order valence-electron chi connectivity index (χ1n) is 8.77. The molecular weight excluding hydrogens is 264 g/mol. The quantitative estimate of drug-likeness (QED) is 0.812. The molecule has 0 aromatic heterocycles. The van der Waals surface area contributed by atoms with Crippen molar-refractivity contribution in [1.82, 2.24) is 4.90 Å². The Balaban J connectivity index is 1.88. The van der Waals surface area contributed by atoms with Crippen LogP contribution >= 0.6 is 0 Å². The van der Waals surface area contributed by atoms with Crippen LogP contribution in [0, 0.1) is 5.92 Å². The summed E-state index contributed by atoms with van der Waals surface area (Å²) in [7, 11) is 0. The molecule has 1 saturated heterocycles. The van der Waals surface area contributed by atoms with Crippen LogP contribution in [0.1, 0.15) is 65.2 Å². The van der Waals surface area contributed by atoms with Crippen LogP contribution in [0.4, 0.5) is 0 Å². The molecule has 4 nitrogen and oxygen atoms in total. The third kappa shape index (κ3) is 4.68. The van der Waals surface area contributed by atoms with E-state index < -0.39 is 0 Å². The fraction of sp³-hybridized carbons (Fsp3) is 0.941. The topological polar surface area (TPSA) is 55.6 Å². The van der Waals surface area contributed by atoms with Crippen molar-refractivity contribution in [2.45, 2.75) is 83.5 Å². The highest BCUT2D eigenvalue weighted by Crippen LogP contribution is 2.25. The molecular formula is C17H32N2O2. The Morgan fingerprint density at radius 3 is 2.52 bits per heavy atom. The van der Waals surface area contributed by atoms with Crippen LogP contribution in [0.25, 0.3) is 0 Å². The number of rotatable bonds is 4. The van der Waals surface area contributed by atoms with Crippen molar-refractivity contribution < 1.29 is 9.53 Å². The highest BCUT2D eigenvalue weighted by molar-refractivity contribution is 5.81. The summed E-state index contributed by atoms with van der Waals surface area (Å²) in [6, 6.07) is 0.196. The maximum atomic E-state index is 12.7. The van der Waals surface area contributed by atoms with E-state index >= 15 is 0 Å². The molecule has 1 saturated carbocycles. The van der Waals surface area contributed by atoms with E-state index in [0.29, 0.717) is 12.5 Å². The van der Waals surface area contributed by atoms with Crippen LogP contribution in [0.5, 0.6) is 0 Å². The number of carbonyl (C=O) groups excluding carboxylic acids is 1. The highest BCUT2D eigenvalue weighted by Gasteiger charge is 2.32. The average Bonchev–Trinajstić information content (AvgIpc) is 2.75. The van der Waals surface area contributed by atoms with Gasteiger partial charge in [0.2, 0.25) is 0 Å². The van der Waals surface area contributed by atoms with Gasteiger partial charge in [0.25, 0.3) is 5.91 Å². The van der Waals surface area contributed by atoms with E-state index in [2.05, 4.69) is 6.92 Å². The van der Waals surface area contributed by atoms with E-state index in [9.17, 15) is 4.79 Å². The summed E-state index contributed by atoms with van der Waals surface area (Å²) < 4.78 is 6.07. The zero-order valence-electron chi connectivity index (χ0n) is 13.7. The van der Waals surface area contributed by atoms with Crippen molar-refractivity contribution in [3.8, 4) is 0 Å². The van der Waals surface area contributed by atoms with Crippen molar-refractivity contribution in [2.75, 3.05) is 13.1 Å². The van der Waals surface area contributed by atoms with Gasteiger partial charge in [-0.25, -0.2) is 0 Å². The Morgan fingerprint density at radius 2 is 1.90 bits per heavy atom. The molecule has 1 heterocycles. The molecule has 3 atom stereocenters. The number of carbonyl (C=O) groups is 1. The molecule has 1 aliphatic carbocycles. The minimum Gasteiger partial charge on any atom is -0.365 e. The molecule has 0 bridgehead atoms. The van der Waals surface area contributed by atoms with Gasteiger partial charge in [-0.15, -0.1) is 0 Å². The first-order chi connectivity index (χ1) is 10.1. The zero-order valence-corrected chi connectivity index (χ0v) is 13.7. The summed E-state index contributed by atoms with van der Waals surface area (Å²) in [5.74, 6) is 0.808. The second-order valence-electron chi connectivity index (χ2n) is 6.94. The Bertz CT molecular complexity index is 327. The molecule has 4 heteroatoms. The van der Waals surface area contributed by atoms with Crippen LogP contribution in [-0.2, 0) is 9.53 Å². The fourth-order valence-electron chi connectivity index (χ4n) is 3.72. The molecule has 2 fully saturated rings. The molecule has 0 aromatic carbocycles. The third-order valence-electron chi connectivity index (χ3n) is 5.08. The summed E-state index contributed by atoms with van der Waals surface area (Å²) in [5, 5.41) is 0. The molecule has 2 aliphatic rings. The Hall–Kier alpha value is -0.610. The lowest BCUT2D eigenvalue weighted by molar-refractivity contribution is -0.150. The monoisotopic (exact) mass is 296 g/mol. The maximum Gasteiger partial charge on any atom is 0.251 e. The lowest BCUT2D eigenvalue weighted by Gasteiger charge is -2.39. The van der Waals surface area contributed by atoms with Crippen LogP contribution in [0.2, 0.25) is 0 Å². The lowest BCUT2D eigenvalue weighted by atomic mass is 9.92. The minimum absolute atomic E-state index is 0.140. The van der Waals surface area contributed by atoms with Gasteiger partial charge in [0.15, 0.2) is 0 Å². The van der Waals surface area contributed by atoms with E-state index in [-0.39, 0.29) is 24.2 Å². The van der Waals surface area contributed by atoms with E-state index in [1.807, 2.05) is 11.8 Å². The number of nitrogens with two attached hydrogens (primary N) is 1. The molecule has 122 valence electrons. The zero-order chi connectivity index (χ0) is 15.2. The summed E-state index contributed by atoms with van der Waals surface area (Å²) in [4.78, 5) is 14.7. The molecule has 0 radical (unpaired) electrons. The maximum absolute atomic E-state index is 12.7. The van der Waals surface area contributed by atoms with Gasteiger partial charge >= 0.3 is 0 Å². The van der Waals surface area contributed by atoms with Crippen LogP contribution < -0.4 is 5.73 Å². The Morgan fingerprint density at radius 1 is 1.24 bits per heavy atom. The number of ether oxygens (including phenoxy) is 1. The molecule has 0 spiro atoms. The van der Waals surface area contributed by atoms with Crippen LogP contribution in [0.3, 0.4) is 0 Å². The number of hydrogen-bond donors (Lipinski definition) is 1. The molecule has 21 heavy (non-hydrogen) atoms. The van der Waals surface area contributed by atoms with Crippen molar-refractivity contribution in [3.63, 3.8) is 0 Å². The SMILES string of the molecule is CC1CCN(C(=O)C(C)OC2CCCCCC2)C(CN)C1. The third-order valence-corrected chi connectivity index (χ3v) is 5.08. The van der Waals surface area contributed by atoms with Crippen molar-refractivity contribution >= 4 is 5.91 Å². The number of nitrogens with zero attached hydrogens (tertiary/aromatic N) is 1. The fourth-order valence-corrected chi connectivity index (χ4v) is 3.72. The predicted octanol–water partition coefficient (Wildman–Crippen LogP) is 2.70. The van der Waals surface area contributed by atoms with Crippen molar-refractivity contribution in [2.24, 2.45) is 11.7 Å². The second kappa shape index (κ2) is 8.14. The first-order valence-corrected chi connectivity index (χ1v) is 8.77. The minimum atomic E-state index is -0.324. The summed E-state index contributed by atoms with van der Waals surface area (Å²) in [6.45, 7) is 5.56. The summed E-state index contributed by atoms with van der Waals surface area (Å²) in [6.07, 6.45) is 9.35. The van der Waals surface area contributed by atoms with Gasteiger partial charge in [-0.2, -0.15) is 0 Å². The van der Waals surface area contributed by atoms with Crippen LogP contribution in [-0.4, -0.2) is 42.1 Å².